The molecule has 3 N–H and O–H groups in total. The van der Waals surface area contributed by atoms with Crippen LogP contribution in [0.15, 0.2) is 24.3 Å². The van der Waals surface area contributed by atoms with Gasteiger partial charge in [0.1, 0.15) is 0 Å². The molecule has 1 aliphatic rings. The molecule has 1 aliphatic carbocycles. The highest BCUT2D eigenvalue weighted by Crippen LogP contribution is 2.38. The van der Waals surface area contributed by atoms with Gasteiger partial charge >= 0.3 is 0 Å². The summed E-state index contributed by atoms with van der Waals surface area (Å²) >= 11 is 2.24. The molecule has 1 saturated carbocycles. The molecular weight excluding hydrogens is 327 g/mol. The van der Waals surface area contributed by atoms with Crippen molar-refractivity contribution < 1.29 is 4.79 Å². The van der Waals surface area contributed by atoms with Gasteiger partial charge in [-0.3, -0.25) is 4.79 Å². The summed E-state index contributed by atoms with van der Waals surface area (Å²) < 4.78 is 1.12. The molecule has 1 amide bonds. The van der Waals surface area contributed by atoms with Gasteiger partial charge in [-0.1, -0.05) is 18.9 Å². The van der Waals surface area contributed by atoms with Crippen LogP contribution in [0.3, 0.4) is 0 Å². The largest absolute Gasteiger partial charge is 0.329 e. The third kappa shape index (κ3) is 2.80. The van der Waals surface area contributed by atoms with Gasteiger partial charge in [-0.2, -0.15) is 0 Å². The van der Waals surface area contributed by atoms with E-state index in [0.717, 1.165) is 34.9 Å². The summed E-state index contributed by atoms with van der Waals surface area (Å²) in [4.78, 5) is 12.3. The molecule has 0 unspecified atom stereocenters. The maximum atomic E-state index is 12.3. The number of hydrogen-bond acceptors (Lipinski definition) is 2. The van der Waals surface area contributed by atoms with Gasteiger partial charge in [0, 0.05) is 15.8 Å². The number of benzene rings is 1. The van der Waals surface area contributed by atoms with Crippen LogP contribution in [0, 0.1) is 8.99 Å². The van der Waals surface area contributed by atoms with E-state index < -0.39 is 0 Å². The van der Waals surface area contributed by atoms with Gasteiger partial charge in [0.25, 0.3) is 0 Å². The Hall–Kier alpha value is -0.620. The number of anilines is 1. The fourth-order valence-electron chi connectivity index (χ4n) is 2.41. The first kappa shape index (κ1) is 12.8. The van der Waals surface area contributed by atoms with Crippen molar-refractivity contribution in [2.45, 2.75) is 25.7 Å². The molecule has 0 heterocycles. The average Bonchev–Trinajstić information content (AvgIpc) is 2.78. The van der Waals surface area contributed by atoms with Crippen LogP contribution >= 0.6 is 22.6 Å². The topological polar surface area (TPSA) is 55.1 Å². The van der Waals surface area contributed by atoms with E-state index in [1.807, 2.05) is 24.3 Å². The molecule has 0 radical (unpaired) electrons. The first-order chi connectivity index (χ1) is 8.16. The average molecular weight is 344 g/mol. The molecule has 0 aliphatic heterocycles. The van der Waals surface area contributed by atoms with E-state index in [2.05, 4.69) is 27.9 Å². The Morgan fingerprint density at radius 2 is 2.12 bits per heavy atom. The van der Waals surface area contributed by atoms with Crippen LogP contribution in [0.4, 0.5) is 5.69 Å². The van der Waals surface area contributed by atoms with Crippen LogP contribution in [0.1, 0.15) is 25.7 Å². The van der Waals surface area contributed by atoms with Crippen molar-refractivity contribution in [3.63, 3.8) is 0 Å². The lowest BCUT2D eigenvalue weighted by Crippen LogP contribution is -2.40. The quantitative estimate of drug-likeness (QED) is 0.829. The molecule has 1 fully saturated rings. The summed E-state index contributed by atoms with van der Waals surface area (Å²) in [6.45, 7) is 0.447. The van der Waals surface area contributed by atoms with Crippen molar-refractivity contribution in [2.75, 3.05) is 11.9 Å². The fraction of sp³-hybridized carbons (Fsp3) is 0.462. The second kappa shape index (κ2) is 5.35. The summed E-state index contributed by atoms with van der Waals surface area (Å²) in [5, 5.41) is 2.99. The molecule has 0 aromatic heterocycles. The molecule has 0 bridgehead atoms. The monoisotopic (exact) mass is 344 g/mol. The molecule has 1 aromatic rings. The molecule has 0 spiro atoms. The molecule has 2 rings (SSSR count). The second-order valence-corrected chi connectivity index (χ2v) is 5.90. The van der Waals surface area contributed by atoms with Crippen LogP contribution in [0.25, 0.3) is 0 Å². The predicted molar refractivity (Wildman–Crippen MR) is 77.7 cm³/mol. The highest BCUT2D eigenvalue weighted by Gasteiger charge is 2.39. The lowest BCUT2D eigenvalue weighted by molar-refractivity contribution is -0.124. The summed E-state index contributed by atoms with van der Waals surface area (Å²) in [7, 11) is 0. The SMILES string of the molecule is NCC1(C(=O)Nc2cccc(I)c2)CCCC1. The van der Waals surface area contributed by atoms with Gasteiger partial charge < -0.3 is 11.1 Å². The minimum Gasteiger partial charge on any atom is -0.329 e. The molecule has 4 heteroatoms. The molecule has 92 valence electrons. The number of rotatable bonds is 3. The first-order valence-electron chi connectivity index (χ1n) is 5.93. The van der Waals surface area contributed by atoms with Crippen molar-refractivity contribution in [2.24, 2.45) is 11.1 Å². The molecule has 17 heavy (non-hydrogen) atoms. The lowest BCUT2D eigenvalue weighted by atomic mass is 9.85. The number of carbonyl (C=O) groups is 1. The van der Waals surface area contributed by atoms with Gasteiger partial charge in [0.05, 0.1) is 5.41 Å². The molecular formula is C13H17IN2O. The van der Waals surface area contributed by atoms with Crippen LogP contribution in [0.2, 0.25) is 0 Å². The van der Waals surface area contributed by atoms with Crippen LogP contribution < -0.4 is 11.1 Å². The van der Waals surface area contributed by atoms with Crippen molar-refractivity contribution in [1.29, 1.82) is 0 Å². The van der Waals surface area contributed by atoms with E-state index in [1.54, 1.807) is 0 Å². The highest BCUT2D eigenvalue weighted by atomic mass is 127. The van der Waals surface area contributed by atoms with Gasteiger partial charge in [0.15, 0.2) is 0 Å². The normalized spacial score (nSPS) is 18.0. The molecule has 1 aromatic carbocycles. The smallest absolute Gasteiger partial charge is 0.231 e. The van der Waals surface area contributed by atoms with Crippen molar-refractivity contribution >= 4 is 34.2 Å². The van der Waals surface area contributed by atoms with Crippen molar-refractivity contribution in [3.05, 3.63) is 27.8 Å². The van der Waals surface area contributed by atoms with E-state index in [4.69, 9.17) is 5.73 Å². The third-order valence-corrected chi connectivity index (χ3v) is 4.19. The van der Waals surface area contributed by atoms with E-state index in [1.165, 1.54) is 0 Å². The highest BCUT2D eigenvalue weighted by molar-refractivity contribution is 14.1. The maximum Gasteiger partial charge on any atom is 0.231 e. The van der Waals surface area contributed by atoms with Gasteiger partial charge in [0.2, 0.25) is 5.91 Å². The van der Waals surface area contributed by atoms with E-state index in [0.29, 0.717) is 6.54 Å². The predicted octanol–water partition coefficient (Wildman–Crippen LogP) is 2.75. The number of nitrogens with two attached hydrogens (primary N) is 1. The summed E-state index contributed by atoms with van der Waals surface area (Å²) in [5.41, 5.74) is 6.32. The Bertz CT molecular complexity index is 414. The van der Waals surface area contributed by atoms with Gasteiger partial charge in [-0.15, -0.1) is 0 Å². The van der Waals surface area contributed by atoms with Crippen molar-refractivity contribution in [3.8, 4) is 0 Å². The first-order valence-corrected chi connectivity index (χ1v) is 7.01. The number of amides is 1. The van der Waals surface area contributed by atoms with Crippen molar-refractivity contribution in [1.82, 2.24) is 0 Å². The summed E-state index contributed by atoms with van der Waals surface area (Å²) in [5.74, 6) is 0.0829. The minimum atomic E-state index is -0.332. The number of nitrogens with one attached hydrogen (secondary N) is 1. The zero-order chi connectivity index (χ0) is 12.3. The molecule has 0 atom stereocenters. The van der Waals surface area contributed by atoms with E-state index in [9.17, 15) is 4.79 Å². The van der Waals surface area contributed by atoms with E-state index >= 15 is 0 Å². The minimum absolute atomic E-state index is 0.0829. The molecule has 0 saturated heterocycles. The van der Waals surface area contributed by atoms with Crippen LogP contribution in [-0.2, 0) is 4.79 Å². The Kier molecular flexibility index (Phi) is 4.04. The number of carbonyl (C=O) groups excluding carboxylic acids is 1. The zero-order valence-corrected chi connectivity index (χ0v) is 11.9. The maximum absolute atomic E-state index is 12.3. The number of halogens is 1. The zero-order valence-electron chi connectivity index (χ0n) is 9.71. The van der Waals surface area contributed by atoms with Gasteiger partial charge in [-0.25, -0.2) is 0 Å². The van der Waals surface area contributed by atoms with Gasteiger partial charge in [-0.05, 0) is 53.6 Å². The Morgan fingerprint density at radius 3 is 2.71 bits per heavy atom. The summed E-state index contributed by atoms with van der Waals surface area (Å²) in [6.07, 6.45) is 4.05. The standard InChI is InChI=1S/C13H17IN2O/c14-10-4-3-5-11(8-10)16-12(17)13(9-15)6-1-2-7-13/h3-5,8H,1-2,6-7,9,15H2,(H,16,17). The number of hydrogen-bond donors (Lipinski definition) is 2. The Labute approximate surface area is 115 Å². The Morgan fingerprint density at radius 1 is 1.41 bits per heavy atom. The summed E-state index contributed by atoms with van der Waals surface area (Å²) in [6, 6.07) is 7.84. The fourth-order valence-corrected chi connectivity index (χ4v) is 2.95. The molecule has 3 nitrogen and oxygen atoms in total. The lowest BCUT2D eigenvalue weighted by Gasteiger charge is -2.25. The van der Waals surface area contributed by atoms with Crippen LogP contribution in [-0.4, -0.2) is 12.5 Å². The van der Waals surface area contributed by atoms with Crippen LogP contribution in [0.5, 0.6) is 0 Å². The Balaban J connectivity index is 2.10. The third-order valence-electron chi connectivity index (χ3n) is 3.52. The van der Waals surface area contributed by atoms with E-state index in [-0.39, 0.29) is 11.3 Å². The second-order valence-electron chi connectivity index (χ2n) is 4.66.